The van der Waals surface area contributed by atoms with E-state index < -0.39 is 49.9 Å². The first-order chi connectivity index (χ1) is 19.3. The Kier molecular flexibility index (Phi) is 8.03. The molecule has 41 heavy (non-hydrogen) atoms. The summed E-state index contributed by atoms with van der Waals surface area (Å²) in [5, 5.41) is 25.5. The number of carbonyl (C=O) groups excluding carboxylic acids is 1. The number of nitrogens with one attached hydrogen (secondary N) is 1. The van der Waals surface area contributed by atoms with E-state index in [2.05, 4.69) is 20.0 Å². The normalized spacial score (nSPS) is 27.0. The van der Waals surface area contributed by atoms with Crippen molar-refractivity contribution in [3.63, 3.8) is 0 Å². The Morgan fingerprint density at radius 3 is 2.63 bits per heavy atom. The number of ether oxygens (including phenoxy) is 2. The number of halogens is 1. The summed E-state index contributed by atoms with van der Waals surface area (Å²) in [6, 6.07) is 6.09. The molecule has 5 rings (SSSR count). The monoisotopic (exact) mass is 610 g/mol. The van der Waals surface area contributed by atoms with Gasteiger partial charge in [-0.1, -0.05) is 11.6 Å². The number of fused-ring (bicyclic) bond motifs is 1. The summed E-state index contributed by atoms with van der Waals surface area (Å²) in [4.78, 5) is 25.2. The molecule has 5 atom stereocenters. The van der Waals surface area contributed by atoms with Crippen LogP contribution in [0.15, 0.2) is 36.9 Å². The molecule has 3 aromatic rings. The maximum atomic E-state index is 14.2. The van der Waals surface area contributed by atoms with Crippen molar-refractivity contribution in [1.29, 1.82) is 0 Å². The zero-order chi connectivity index (χ0) is 29.6. The second-order valence-corrected chi connectivity index (χ2v) is 12.7. The summed E-state index contributed by atoms with van der Waals surface area (Å²) in [6.45, 7) is 4.34. The van der Waals surface area contributed by atoms with Gasteiger partial charge < -0.3 is 29.9 Å². The molecule has 0 radical (unpaired) electrons. The molecule has 16 heteroatoms. The van der Waals surface area contributed by atoms with Gasteiger partial charge in [0.25, 0.3) is 0 Å². The third-order valence-corrected chi connectivity index (χ3v) is 9.03. The summed E-state index contributed by atoms with van der Waals surface area (Å²) in [5.41, 5.74) is 3.33. The average molecular weight is 611 g/mol. The SMILES string of the molecule is CC(C)OC(=O)C1(NP(=O)(OCC2OC(n3cnc4c(N)ncnc43)[C@](C)(O)[C@@H]2O)Oc2ccc(Cl)cc2)CCC1. The first-order valence-electron chi connectivity index (χ1n) is 13.0. The van der Waals surface area contributed by atoms with Gasteiger partial charge in [-0.2, -0.15) is 5.09 Å². The summed E-state index contributed by atoms with van der Waals surface area (Å²) in [7, 11) is -4.31. The predicted molar refractivity (Wildman–Crippen MR) is 147 cm³/mol. The van der Waals surface area contributed by atoms with Gasteiger partial charge in [-0.05, 0) is 64.3 Å². The minimum atomic E-state index is -4.31. The molecular weight excluding hydrogens is 579 g/mol. The van der Waals surface area contributed by atoms with Crippen molar-refractivity contribution in [2.75, 3.05) is 12.3 Å². The van der Waals surface area contributed by atoms with Gasteiger partial charge in [0.05, 0.1) is 19.0 Å². The third-order valence-electron chi connectivity index (χ3n) is 7.13. The van der Waals surface area contributed by atoms with Gasteiger partial charge in [0.15, 0.2) is 17.7 Å². The van der Waals surface area contributed by atoms with E-state index in [9.17, 15) is 19.6 Å². The average Bonchev–Trinajstić information content (AvgIpc) is 3.40. The number of hydrogen-bond acceptors (Lipinski definition) is 12. The smallest absolute Gasteiger partial charge is 0.459 e. The molecule has 1 aliphatic heterocycles. The van der Waals surface area contributed by atoms with Gasteiger partial charge in [0, 0.05) is 5.02 Å². The van der Waals surface area contributed by atoms with Crippen LogP contribution in [-0.4, -0.2) is 71.8 Å². The van der Waals surface area contributed by atoms with Crippen molar-refractivity contribution in [2.45, 2.75) is 75.7 Å². The maximum Gasteiger partial charge on any atom is 0.459 e. The largest absolute Gasteiger partial charge is 0.462 e. The molecule has 2 aliphatic rings. The predicted octanol–water partition coefficient (Wildman–Crippen LogP) is 2.74. The van der Waals surface area contributed by atoms with Gasteiger partial charge in [-0.3, -0.25) is 13.9 Å². The molecule has 14 nitrogen and oxygen atoms in total. The molecule has 2 aromatic heterocycles. The van der Waals surface area contributed by atoms with Crippen LogP contribution in [0.5, 0.6) is 5.75 Å². The zero-order valence-corrected chi connectivity index (χ0v) is 24.3. The molecule has 1 aromatic carbocycles. The lowest BCUT2D eigenvalue weighted by Gasteiger charge is -2.41. The van der Waals surface area contributed by atoms with Crippen LogP contribution in [0.25, 0.3) is 11.2 Å². The van der Waals surface area contributed by atoms with Crippen molar-refractivity contribution in [2.24, 2.45) is 0 Å². The van der Waals surface area contributed by atoms with Gasteiger partial charge in [0.2, 0.25) is 0 Å². The number of nitrogen functional groups attached to an aromatic ring is 1. The summed E-state index contributed by atoms with van der Waals surface area (Å²) in [5.74, 6) is -0.272. The number of aliphatic hydroxyl groups excluding tert-OH is 1. The molecule has 1 aliphatic carbocycles. The minimum absolute atomic E-state index is 0.138. The van der Waals surface area contributed by atoms with E-state index >= 15 is 0 Å². The standard InChI is InChI=1S/C25H32ClN6O8P/c1-14(2)38-23(34)25(9-4-10-25)31-41(36,40-16-7-5-15(26)6-8-16)37-11-17-19(33)24(3,35)22(39-17)32-13-30-18-20(27)28-12-29-21(18)32/h5-8,12-14,17,19,22,33,35H,4,9-11H2,1-3H3,(H,31,36)(H2,27,28,29)/t17?,19-,22?,24-,41?/m1/s1. The van der Waals surface area contributed by atoms with Gasteiger partial charge >= 0.3 is 13.7 Å². The second kappa shape index (κ2) is 11.1. The Morgan fingerprint density at radius 1 is 1.29 bits per heavy atom. The van der Waals surface area contributed by atoms with Crippen LogP contribution in [0.3, 0.4) is 0 Å². The number of imidazole rings is 1. The highest BCUT2D eigenvalue weighted by atomic mass is 35.5. The summed E-state index contributed by atoms with van der Waals surface area (Å²) >= 11 is 5.98. The number of aromatic nitrogens is 4. The molecule has 3 heterocycles. The lowest BCUT2D eigenvalue weighted by atomic mass is 9.78. The van der Waals surface area contributed by atoms with Crippen LogP contribution in [0.4, 0.5) is 5.82 Å². The number of aliphatic hydroxyl groups is 2. The number of nitrogens with zero attached hydrogens (tertiary/aromatic N) is 4. The van der Waals surface area contributed by atoms with E-state index in [1.807, 2.05) is 0 Å². The minimum Gasteiger partial charge on any atom is -0.462 e. The molecule has 0 spiro atoms. The molecule has 5 N–H and O–H groups in total. The van der Waals surface area contributed by atoms with Gasteiger partial charge in [0.1, 0.15) is 40.9 Å². The van der Waals surface area contributed by atoms with Gasteiger partial charge in [-0.15, -0.1) is 0 Å². The number of anilines is 1. The molecule has 2 fully saturated rings. The van der Waals surface area contributed by atoms with Crippen LogP contribution in [0, 0.1) is 0 Å². The van der Waals surface area contributed by atoms with Crippen LogP contribution in [-0.2, 0) is 23.4 Å². The quantitative estimate of drug-likeness (QED) is 0.193. The molecule has 0 amide bonds. The van der Waals surface area contributed by atoms with Crippen molar-refractivity contribution >= 4 is 42.3 Å². The summed E-state index contributed by atoms with van der Waals surface area (Å²) in [6.07, 6.45) is -0.193. The highest BCUT2D eigenvalue weighted by Crippen LogP contribution is 2.51. The van der Waals surface area contributed by atoms with Gasteiger partial charge in [-0.25, -0.2) is 19.5 Å². The van der Waals surface area contributed by atoms with Crippen molar-refractivity contribution in [1.82, 2.24) is 24.6 Å². The highest BCUT2D eigenvalue weighted by molar-refractivity contribution is 7.52. The van der Waals surface area contributed by atoms with Crippen molar-refractivity contribution in [3.05, 3.63) is 41.9 Å². The Morgan fingerprint density at radius 2 is 2.00 bits per heavy atom. The fourth-order valence-electron chi connectivity index (χ4n) is 4.79. The molecule has 3 unspecified atom stereocenters. The number of rotatable bonds is 10. The van der Waals surface area contributed by atoms with Crippen LogP contribution in [0.1, 0.15) is 46.3 Å². The van der Waals surface area contributed by atoms with E-state index in [0.717, 1.165) is 0 Å². The molecule has 0 bridgehead atoms. The van der Waals surface area contributed by atoms with Crippen LogP contribution < -0.4 is 15.3 Å². The lowest BCUT2D eigenvalue weighted by molar-refractivity contribution is -0.158. The molecule has 1 saturated carbocycles. The second-order valence-electron chi connectivity index (χ2n) is 10.6. The topological polar surface area (TPSA) is 193 Å². The number of benzene rings is 1. The summed E-state index contributed by atoms with van der Waals surface area (Å²) < 4.78 is 38.6. The number of esters is 1. The fourth-order valence-corrected chi connectivity index (χ4v) is 6.66. The Hall–Kier alpha value is -2.84. The van der Waals surface area contributed by atoms with E-state index in [1.165, 1.54) is 36.3 Å². The van der Waals surface area contributed by atoms with Crippen LogP contribution in [0.2, 0.25) is 5.02 Å². The number of nitrogens with two attached hydrogens (primary N) is 1. The van der Waals surface area contributed by atoms with E-state index in [0.29, 0.717) is 29.8 Å². The number of carbonyl (C=O) groups is 1. The van der Waals surface area contributed by atoms with E-state index in [-0.39, 0.29) is 23.3 Å². The zero-order valence-electron chi connectivity index (χ0n) is 22.6. The van der Waals surface area contributed by atoms with E-state index in [4.69, 9.17) is 35.9 Å². The fraction of sp³-hybridized carbons (Fsp3) is 0.520. The Labute approximate surface area is 240 Å². The lowest BCUT2D eigenvalue weighted by Crippen LogP contribution is -2.57. The van der Waals surface area contributed by atoms with Crippen molar-refractivity contribution < 1.29 is 38.1 Å². The first kappa shape index (κ1) is 29.6. The molecular formula is C25H32ClN6O8P. The van der Waals surface area contributed by atoms with E-state index in [1.54, 1.807) is 26.0 Å². The third kappa shape index (κ3) is 5.78. The van der Waals surface area contributed by atoms with Crippen LogP contribution >= 0.6 is 19.3 Å². The maximum absolute atomic E-state index is 14.2. The first-order valence-corrected chi connectivity index (χ1v) is 14.9. The Bertz CT molecular complexity index is 1460. The Balaban J connectivity index is 1.39. The molecule has 222 valence electrons. The highest BCUT2D eigenvalue weighted by Gasteiger charge is 2.55. The number of hydrogen-bond donors (Lipinski definition) is 4. The molecule has 1 saturated heterocycles. The van der Waals surface area contributed by atoms with Crippen molar-refractivity contribution in [3.8, 4) is 5.75 Å².